The molecule has 0 saturated heterocycles. The molecule has 1 heterocycles. The number of rotatable bonds is 6. The van der Waals surface area contributed by atoms with Gasteiger partial charge >= 0.3 is 5.97 Å². The first-order chi connectivity index (χ1) is 12.5. The number of nitrogens with zero attached hydrogens (tertiary/aromatic N) is 1. The van der Waals surface area contributed by atoms with E-state index >= 15 is 0 Å². The summed E-state index contributed by atoms with van der Waals surface area (Å²) in [6.45, 7) is 3.85. The van der Waals surface area contributed by atoms with Gasteiger partial charge in [0.2, 0.25) is 0 Å². The average molecular weight is 371 g/mol. The lowest BCUT2D eigenvalue weighted by molar-refractivity contribution is -0.147. The third kappa shape index (κ3) is 4.67. The van der Waals surface area contributed by atoms with Gasteiger partial charge in [0.05, 0.1) is 5.69 Å². The molecule has 0 unspecified atom stereocenters. The Bertz CT molecular complexity index is 906. The van der Waals surface area contributed by atoms with Gasteiger partial charge in [0.25, 0.3) is 0 Å². The summed E-state index contributed by atoms with van der Waals surface area (Å²) in [5.41, 5.74) is 3.58. The van der Waals surface area contributed by atoms with Crippen molar-refractivity contribution in [3.8, 4) is 16.3 Å². The highest BCUT2D eigenvalue weighted by Crippen LogP contribution is 2.24. The highest BCUT2D eigenvalue weighted by molar-refractivity contribution is 7.13. The van der Waals surface area contributed by atoms with E-state index in [9.17, 15) is 9.18 Å². The Morgan fingerprint density at radius 3 is 2.65 bits per heavy atom. The monoisotopic (exact) mass is 371 g/mol. The summed E-state index contributed by atoms with van der Waals surface area (Å²) < 4.78 is 23.7. The lowest BCUT2D eigenvalue weighted by Crippen LogP contribution is -2.15. The third-order valence-corrected chi connectivity index (χ3v) is 4.64. The molecule has 0 radical (unpaired) electrons. The number of esters is 1. The van der Waals surface area contributed by atoms with Crippen molar-refractivity contribution in [1.29, 1.82) is 0 Å². The lowest BCUT2D eigenvalue weighted by Gasteiger charge is -2.09. The molecular formula is C20H18FNO3S. The fraction of sp³-hybridized carbons (Fsp3) is 0.200. The van der Waals surface area contributed by atoms with Crippen LogP contribution in [0.15, 0.2) is 47.8 Å². The number of thiazole rings is 1. The lowest BCUT2D eigenvalue weighted by atomic mass is 10.1. The van der Waals surface area contributed by atoms with Crippen molar-refractivity contribution in [3.05, 3.63) is 70.5 Å². The molecule has 3 rings (SSSR count). The Morgan fingerprint density at radius 2 is 1.92 bits per heavy atom. The number of benzene rings is 2. The molecule has 0 saturated carbocycles. The van der Waals surface area contributed by atoms with Crippen LogP contribution in [-0.2, 0) is 16.1 Å². The topological polar surface area (TPSA) is 48.4 Å². The normalized spacial score (nSPS) is 10.6. The van der Waals surface area contributed by atoms with Gasteiger partial charge in [0.1, 0.15) is 23.2 Å². The maximum absolute atomic E-state index is 13.0. The van der Waals surface area contributed by atoms with Gasteiger partial charge in [0.15, 0.2) is 6.61 Å². The van der Waals surface area contributed by atoms with E-state index in [1.165, 1.54) is 23.5 Å². The molecule has 0 atom stereocenters. The van der Waals surface area contributed by atoms with Crippen molar-refractivity contribution in [3.63, 3.8) is 0 Å². The Balaban J connectivity index is 1.51. The largest absolute Gasteiger partial charge is 0.482 e. The molecule has 2 aromatic carbocycles. The summed E-state index contributed by atoms with van der Waals surface area (Å²) in [7, 11) is 0. The van der Waals surface area contributed by atoms with E-state index in [0.717, 1.165) is 21.7 Å². The van der Waals surface area contributed by atoms with Crippen molar-refractivity contribution in [1.82, 2.24) is 4.98 Å². The summed E-state index contributed by atoms with van der Waals surface area (Å²) in [5, 5.41) is 2.57. The average Bonchev–Trinajstić information content (AvgIpc) is 3.09. The minimum absolute atomic E-state index is 0.0762. The molecule has 4 nitrogen and oxygen atoms in total. The predicted molar refractivity (Wildman–Crippen MR) is 98.7 cm³/mol. The smallest absolute Gasteiger partial charge is 0.344 e. The van der Waals surface area contributed by atoms with Crippen LogP contribution in [0.3, 0.4) is 0 Å². The molecule has 0 spiro atoms. The standard InChI is InChI=1S/C20H18FNO3S/c1-13-3-8-18(14(2)9-13)24-11-19(23)25-10-17-12-26-20(22-17)15-4-6-16(21)7-5-15/h3-9,12H,10-11H2,1-2H3. The summed E-state index contributed by atoms with van der Waals surface area (Å²) in [5.74, 6) is -0.0793. The summed E-state index contributed by atoms with van der Waals surface area (Å²) in [6, 6.07) is 11.9. The number of aryl methyl sites for hydroxylation is 2. The number of aromatic nitrogens is 1. The molecule has 0 aliphatic carbocycles. The van der Waals surface area contributed by atoms with Gasteiger partial charge in [-0.2, -0.15) is 0 Å². The van der Waals surface area contributed by atoms with E-state index in [-0.39, 0.29) is 19.0 Å². The van der Waals surface area contributed by atoms with E-state index in [0.29, 0.717) is 11.4 Å². The van der Waals surface area contributed by atoms with Crippen LogP contribution in [0.25, 0.3) is 10.6 Å². The highest BCUT2D eigenvalue weighted by Gasteiger charge is 2.10. The van der Waals surface area contributed by atoms with E-state index in [4.69, 9.17) is 9.47 Å². The third-order valence-electron chi connectivity index (χ3n) is 3.70. The van der Waals surface area contributed by atoms with Crippen LogP contribution >= 0.6 is 11.3 Å². The van der Waals surface area contributed by atoms with Crippen LogP contribution in [0.1, 0.15) is 16.8 Å². The molecule has 3 aromatic rings. The Labute approximate surface area is 155 Å². The predicted octanol–water partition coefficient (Wildman–Crippen LogP) is 4.69. The van der Waals surface area contributed by atoms with Gasteiger partial charge in [0, 0.05) is 10.9 Å². The summed E-state index contributed by atoms with van der Waals surface area (Å²) >= 11 is 1.42. The fourth-order valence-corrected chi connectivity index (χ4v) is 3.20. The Morgan fingerprint density at radius 1 is 1.15 bits per heavy atom. The number of halogens is 1. The number of carbonyl (C=O) groups is 1. The highest BCUT2D eigenvalue weighted by atomic mass is 32.1. The van der Waals surface area contributed by atoms with E-state index < -0.39 is 5.97 Å². The molecule has 1 aromatic heterocycles. The Hall–Kier alpha value is -2.73. The van der Waals surface area contributed by atoms with Gasteiger partial charge in [-0.05, 0) is 49.7 Å². The quantitative estimate of drug-likeness (QED) is 0.590. The van der Waals surface area contributed by atoms with Gasteiger partial charge in [-0.25, -0.2) is 14.2 Å². The second-order valence-corrected chi connectivity index (χ2v) is 6.73. The molecule has 0 aliphatic rings. The molecular weight excluding hydrogens is 353 g/mol. The van der Waals surface area contributed by atoms with Crippen LogP contribution in [-0.4, -0.2) is 17.6 Å². The zero-order valence-corrected chi connectivity index (χ0v) is 15.3. The SMILES string of the molecule is Cc1ccc(OCC(=O)OCc2csc(-c3ccc(F)cc3)n2)c(C)c1. The maximum Gasteiger partial charge on any atom is 0.344 e. The molecule has 26 heavy (non-hydrogen) atoms. The van der Waals surface area contributed by atoms with Crippen LogP contribution in [0.5, 0.6) is 5.75 Å². The molecule has 6 heteroatoms. The van der Waals surface area contributed by atoms with Gasteiger partial charge in [-0.15, -0.1) is 11.3 Å². The molecule has 0 aliphatic heterocycles. The zero-order chi connectivity index (χ0) is 18.5. The first-order valence-corrected chi connectivity index (χ1v) is 8.95. The number of hydrogen-bond donors (Lipinski definition) is 0. The summed E-state index contributed by atoms with van der Waals surface area (Å²) in [4.78, 5) is 16.3. The molecule has 0 bridgehead atoms. The second-order valence-electron chi connectivity index (χ2n) is 5.87. The molecule has 0 amide bonds. The van der Waals surface area contributed by atoms with Crippen molar-refractivity contribution < 1.29 is 18.7 Å². The fourth-order valence-electron chi connectivity index (χ4n) is 2.39. The van der Waals surface area contributed by atoms with E-state index in [1.54, 1.807) is 12.1 Å². The first kappa shape index (κ1) is 18.1. The van der Waals surface area contributed by atoms with Crippen molar-refractivity contribution in [2.45, 2.75) is 20.5 Å². The van der Waals surface area contributed by atoms with Crippen LogP contribution in [0, 0.1) is 19.7 Å². The van der Waals surface area contributed by atoms with Crippen molar-refractivity contribution in [2.75, 3.05) is 6.61 Å². The number of carbonyl (C=O) groups excluding carboxylic acids is 1. The molecule has 0 fully saturated rings. The van der Waals surface area contributed by atoms with Gasteiger partial charge in [-0.3, -0.25) is 0 Å². The van der Waals surface area contributed by atoms with E-state index in [2.05, 4.69) is 4.98 Å². The van der Waals surface area contributed by atoms with Gasteiger partial charge < -0.3 is 9.47 Å². The van der Waals surface area contributed by atoms with Gasteiger partial charge in [-0.1, -0.05) is 17.7 Å². The second kappa shape index (κ2) is 8.10. The molecule has 134 valence electrons. The van der Waals surface area contributed by atoms with Crippen molar-refractivity contribution >= 4 is 17.3 Å². The number of hydrogen-bond acceptors (Lipinski definition) is 5. The maximum atomic E-state index is 13.0. The summed E-state index contributed by atoms with van der Waals surface area (Å²) in [6.07, 6.45) is 0. The van der Waals surface area contributed by atoms with Crippen molar-refractivity contribution in [2.24, 2.45) is 0 Å². The number of ether oxygens (including phenoxy) is 2. The minimum Gasteiger partial charge on any atom is -0.482 e. The van der Waals surface area contributed by atoms with E-state index in [1.807, 2.05) is 37.4 Å². The van der Waals surface area contributed by atoms with Crippen LogP contribution < -0.4 is 4.74 Å². The zero-order valence-electron chi connectivity index (χ0n) is 14.5. The van der Waals surface area contributed by atoms with Crippen LogP contribution in [0.4, 0.5) is 4.39 Å². The van der Waals surface area contributed by atoms with Crippen LogP contribution in [0.2, 0.25) is 0 Å². The first-order valence-electron chi connectivity index (χ1n) is 8.07. The Kier molecular flexibility index (Phi) is 5.63. The molecule has 0 N–H and O–H groups in total. The minimum atomic E-state index is -0.457.